The van der Waals surface area contributed by atoms with E-state index in [1.807, 2.05) is 30.3 Å². The van der Waals surface area contributed by atoms with Crippen molar-refractivity contribution >= 4 is 102 Å². The van der Waals surface area contributed by atoms with Crippen molar-refractivity contribution in [1.29, 1.82) is 0 Å². The second-order valence-corrected chi connectivity index (χ2v) is 22.4. The third-order valence-corrected chi connectivity index (χ3v) is 17.2. The van der Waals surface area contributed by atoms with Gasteiger partial charge in [0, 0.05) is 86.4 Å². The molecule has 0 bridgehead atoms. The van der Waals surface area contributed by atoms with Gasteiger partial charge in [0.1, 0.15) is 6.29 Å². The number of fused-ring (bicyclic) bond motifs is 12. The van der Waals surface area contributed by atoms with Gasteiger partial charge in [-0.15, -0.1) is 0 Å². The summed E-state index contributed by atoms with van der Waals surface area (Å²) in [5, 5.41) is 19.4. The first kappa shape index (κ1) is 57.6. The molecule has 9 heteroatoms. The number of carbonyl (C=O) groups is 1. The molecule has 7 nitrogen and oxygen atoms in total. The van der Waals surface area contributed by atoms with E-state index in [9.17, 15) is 9.90 Å². The molecule has 3 radical (unpaired) electrons. The molecular weight excluding hydrogens is 1090 g/mol. The molecule has 1 aliphatic rings. The van der Waals surface area contributed by atoms with Crippen LogP contribution in [0.4, 0.5) is 0 Å². The van der Waals surface area contributed by atoms with E-state index in [2.05, 4.69) is 274 Å². The molecular formula is C79H61BN4NaO3. The number of benzene rings is 12. The van der Waals surface area contributed by atoms with E-state index < -0.39 is 0 Å². The molecule has 1 N–H and O–H groups in total. The second-order valence-electron chi connectivity index (χ2n) is 22.4. The number of hydrogen-bond donors (Lipinski definition) is 1. The molecule has 1 saturated heterocycles. The summed E-state index contributed by atoms with van der Waals surface area (Å²) < 4.78 is 14.4. The Kier molecular flexibility index (Phi) is 16.2. The van der Waals surface area contributed by atoms with Gasteiger partial charge in [-0.05, 0) is 163 Å². The van der Waals surface area contributed by atoms with Crippen molar-refractivity contribution in [3.63, 3.8) is 0 Å². The van der Waals surface area contributed by atoms with Crippen LogP contribution in [0.25, 0.3) is 132 Å². The van der Waals surface area contributed by atoms with Gasteiger partial charge < -0.3 is 29.5 Å². The summed E-state index contributed by atoms with van der Waals surface area (Å²) in [5.74, 6) is 0. The van der Waals surface area contributed by atoms with Gasteiger partial charge >= 0.3 is 29.6 Å². The molecule has 0 saturated carbocycles. The molecule has 17 rings (SSSR count). The number of aliphatic hydroxyl groups is 1. The third-order valence-electron chi connectivity index (χ3n) is 17.2. The molecule has 1 fully saturated rings. The van der Waals surface area contributed by atoms with Crippen molar-refractivity contribution in [1.82, 2.24) is 18.3 Å². The minimum Gasteiger partial charge on any atom is -1.00 e. The van der Waals surface area contributed by atoms with Crippen molar-refractivity contribution < 1.29 is 45.6 Å². The normalized spacial score (nSPS) is 13.0. The first-order valence-electron chi connectivity index (χ1n) is 29.6. The SMILES string of the molecule is CC1CCCO1.O=Cc1ccc2c(c1)c1ccccc1n2-c1ccc(-c2ccc(-n3c4ccccc4c4ccccc43)cc2)cc1.OCc1ccc2c(c1)c1ccccc1n2-c1ccc(-c2ccc(-n3c4ccccc4c4ccccc43)cc2)cc1.[B].[H-].[Na+]. The zero-order valence-corrected chi connectivity index (χ0v) is 51.2. The minimum atomic E-state index is 0. The van der Waals surface area contributed by atoms with Crippen LogP contribution in [0.15, 0.2) is 279 Å². The number of ether oxygens (including phenoxy) is 1. The van der Waals surface area contributed by atoms with Crippen molar-refractivity contribution in [3.05, 3.63) is 290 Å². The van der Waals surface area contributed by atoms with E-state index in [1.165, 1.54) is 84.1 Å². The van der Waals surface area contributed by atoms with Crippen LogP contribution in [0, 0.1) is 0 Å². The summed E-state index contributed by atoms with van der Waals surface area (Å²) in [7, 11) is 0. The standard InChI is InChI=1S/C37H26N2O.C37H24N2O.C5H10O.B.Na.H/c2*40-24-25-13-22-37-33(23-25)32-9-3-6-12-36(32)39(37)29-20-16-27(17-21-29)26-14-18-28(19-15-26)38-34-10-4-1-7-30(34)31-8-2-5-11-35(31)38;1-5-3-2-4-6-5;;;/h1-23,40H,24H2;1-24H;5H,2-4H2,1H3;;;/q;;;;+1;-1. The molecule has 16 aromatic rings. The van der Waals surface area contributed by atoms with Crippen LogP contribution in [-0.2, 0) is 11.3 Å². The maximum Gasteiger partial charge on any atom is 1.00 e. The van der Waals surface area contributed by atoms with Crippen molar-refractivity contribution in [3.8, 4) is 45.0 Å². The van der Waals surface area contributed by atoms with Gasteiger partial charge in [0.05, 0.1) is 56.8 Å². The summed E-state index contributed by atoms with van der Waals surface area (Å²) in [6.45, 7) is 3.15. The van der Waals surface area contributed by atoms with Crippen molar-refractivity contribution in [2.24, 2.45) is 0 Å². The molecule has 0 amide bonds. The number of hydrogen-bond acceptors (Lipinski definition) is 3. The third kappa shape index (κ3) is 10.3. The van der Waals surface area contributed by atoms with Crippen LogP contribution >= 0.6 is 0 Å². The maximum absolute atomic E-state index is 11.4. The molecule has 12 aromatic carbocycles. The average molecular weight is 1150 g/mol. The van der Waals surface area contributed by atoms with E-state index in [-0.39, 0.29) is 46.0 Å². The fourth-order valence-corrected chi connectivity index (χ4v) is 13.1. The molecule has 0 spiro atoms. The van der Waals surface area contributed by atoms with E-state index >= 15 is 0 Å². The minimum absolute atomic E-state index is 0. The van der Waals surface area contributed by atoms with Crippen LogP contribution in [0.2, 0.25) is 0 Å². The Labute approximate surface area is 536 Å². The molecule has 1 atom stereocenters. The number of aldehydes is 1. The number of aromatic nitrogens is 4. The van der Waals surface area contributed by atoms with Gasteiger partial charge in [-0.2, -0.15) is 0 Å². The Bertz CT molecular complexity index is 5090. The Morgan fingerprint density at radius 2 is 0.670 bits per heavy atom. The fraction of sp³-hybridized carbons (Fsp3) is 0.0759. The summed E-state index contributed by atoms with van der Waals surface area (Å²) in [6, 6.07) is 98.6. The van der Waals surface area contributed by atoms with Gasteiger partial charge in [-0.25, -0.2) is 0 Å². The Balaban J connectivity index is 0.000000153. The van der Waals surface area contributed by atoms with Gasteiger partial charge in [0.2, 0.25) is 0 Å². The average Bonchev–Trinajstić information content (AvgIpc) is 1.76. The molecule has 1 unspecified atom stereocenters. The molecule has 4 aromatic heterocycles. The molecule has 5 heterocycles. The quantitative estimate of drug-likeness (QED) is 0.122. The Hall–Kier alpha value is -9.51. The van der Waals surface area contributed by atoms with Crippen molar-refractivity contribution in [2.75, 3.05) is 6.61 Å². The smallest absolute Gasteiger partial charge is 1.00 e. The summed E-state index contributed by atoms with van der Waals surface area (Å²) >= 11 is 0. The van der Waals surface area contributed by atoms with Gasteiger partial charge in [0.15, 0.2) is 0 Å². The predicted molar refractivity (Wildman–Crippen MR) is 364 cm³/mol. The summed E-state index contributed by atoms with van der Waals surface area (Å²) in [4.78, 5) is 11.4. The largest absolute Gasteiger partial charge is 1.00 e. The predicted octanol–water partition coefficient (Wildman–Crippen LogP) is 16.3. The Morgan fingerprint density at radius 3 is 0.943 bits per heavy atom. The maximum atomic E-state index is 11.4. The molecule has 1 aliphatic heterocycles. The number of nitrogens with zero attached hydrogens (tertiary/aromatic N) is 4. The van der Waals surface area contributed by atoms with Crippen LogP contribution in [-0.4, -0.2) is 50.8 Å². The van der Waals surface area contributed by atoms with Gasteiger partial charge in [-0.3, -0.25) is 4.79 Å². The first-order chi connectivity index (χ1) is 42.5. The number of aliphatic hydroxyl groups excluding tert-OH is 1. The zero-order chi connectivity index (χ0) is 57.7. The van der Waals surface area contributed by atoms with Crippen LogP contribution in [0.3, 0.4) is 0 Å². The summed E-state index contributed by atoms with van der Waals surface area (Å²) in [6.07, 6.45) is 3.98. The number of rotatable bonds is 8. The van der Waals surface area contributed by atoms with Crippen molar-refractivity contribution in [2.45, 2.75) is 32.5 Å². The molecule has 88 heavy (non-hydrogen) atoms. The molecule has 419 valence electrons. The van der Waals surface area contributed by atoms with Crippen LogP contribution < -0.4 is 29.6 Å². The second kappa shape index (κ2) is 24.7. The van der Waals surface area contributed by atoms with E-state index in [0.29, 0.717) is 11.7 Å². The van der Waals surface area contributed by atoms with Gasteiger partial charge in [-0.1, -0.05) is 164 Å². The van der Waals surface area contributed by atoms with E-state index in [1.54, 1.807) is 0 Å². The monoisotopic (exact) mass is 1150 g/mol. The Morgan fingerprint density at radius 1 is 0.386 bits per heavy atom. The van der Waals surface area contributed by atoms with E-state index in [4.69, 9.17) is 4.74 Å². The van der Waals surface area contributed by atoms with E-state index in [0.717, 1.165) is 79.4 Å². The molecule has 0 aliphatic carbocycles. The fourth-order valence-electron chi connectivity index (χ4n) is 13.1. The number of carbonyl (C=O) groups excluding carboxylic acids is 1. The summed E-state index contributed by atoms with van der Waals surface area (Å²) in [5.41, 5.74) is 20.2. The van der Waals surface area contributed by atoms with Crippen LogP contribution in [0.1, 0.15) is 37.1 Å². The first-order valence-corrected chi connectivity index (χ1v) is 29.6. The topological polar surface area (TPSA) is 66.2 Å². The van der Waals surface area contributed by atoms with Crippen LogP contribution in [0.5, 0.6) is 0 Å². The number of para-hydroxylation sites is 6. The van der Waals surface area contributed by atoms with Gasteiger partial charge in [0.25, 0.3) is 0 Å². The zero-order valence-electron chi connectivity index (χ0n) is 50.2.